The van der Waals surface area contributed by atoms with Crippen LogP contribution in [0.3, 0.4) is 0 Å². The summed E-state index contributed by atoms with van der Waals surface area (Å²) in [5.41, 5.74) is 0.119. The van der Waals surface area contributed by atoms with Gasteiger partial charge in [0.05, 0.1) is 37.6 Å². The van der Waals surface area contributed by atoms with E-state index in [1.54, 1.807) is 17.8 Å². The number of aryl methyl sites for hydroxylation is 1. The third-order valence-corrected chi connectivity index (χ3v) is 6.08. The number of fused-ring (bicyclic) bond motifs is 3. The maximum Gasteiger partial charge on any atom is 0.420 e. The van der Waals surface area contributed by atoms with Crippen molar-refractivity contribution in [3.05, 3.63) is 52.6 Å². The fourth-order valence-electron chi connectivity index (χ4n) is 4.40. The fourth-order valence-corrected chi connectivity index (χ4v) is 4.40. The molecule has 186 valence electrons. The van der Waals surface area contributed by atoms with Crippen LogP contribution in [0.1, 0.15) is 51.7 Å². The van der Waals surface area contributed by atoms with E-state index < -0.39 is 23.4 Å². The molecule has 1 amide bonds. The van der Waals surface area contributed by atoms with Gasteiger partial charge >= 0.3 is 6.18 Å². The van der Waals surface area contributed by atoms with Crippen LogP contribution < -0.4 is 5.32 Å². The summed E-state index contributed by atoms with van der Waals surface area (Å²) in [4.78, 5) is 20.9. The van der Waals surface area contributed by atoms with Gasteiger partial charge in [0.1, 0.15) is 23.3 Å². The predicted molar refractivity (Wildman–Crippen MR) is 116 cm³/mol. The van der Waals surface area contributed by atoms with Gasteiger partial charge in [-0.3, -0.25) is 9.48 Å². The Hall–Kier alpha value is -3.25. The molecule has 0 radical (unpaired) electrons. The van der Waals surface area contributed by atoms with Crippen LogP contribution in [0.25, 0.3) is 11.3 Å². The second-order valence-electron chi connectivity index (χ2n) is 8.75. The third-order valence-electron chi connectivity index (χ3n) is 6.08. The minimum absolute atomic E-state index is 0.0402. The highest BCUT2D eigenvalue weighted by molar-refractivity contribution is 5.96. The average Bonchev–Trinajstić information content (AvgIpc) is 3.41. The Balaban J connectivity index is 1.47. The Kier molecular flexibility index (Phi) is 6.09. The van der Waals surface area contributed by atoms with Crippen LogP contribution in [0, 0.1) is 6.92 Å². The number of furan rings is 1. The van der Waals surface area contributed by atoms with E-state index in [9.17, 15) is 18.0 Å². The lowest BCUT2D eigenvalue weighted by Gasteiger charge is -2.22. The first-order valence-corrected chi connectivity index (χ1v) is 11.3. The first-order chi connectivity index (χ1) is 16.7. The second kappa shape index (κ2) is 9.08. The van der Waals surface area contributed by atoms with Gasteiger partial charge in [-0.15, -0.1) is 0 Å². The number of aromatic nitrogens is 4. The smallest absolute Gasteiger partial charge is 0.420 e. The number of nitrogens with zero attached hydrogens (tertiary/aromatic N) is 4. The van der Waals surface area contributed by atoms with Gasteiger partial charge in [0.25, 0.3) is 5.91 Å². The van der Waals surface area contributed by atoms with E-state index in [2.05, 4.69) is 20.4 Å². The molecule has 0 saturated carbocycles. The standard InChI is InChI=1S/C23H24F3N5O4/c1-12-5-17-18(20-16(12)10-31(30-20)9-15-11-33-3-4-34-15)19(23(24,25)26)21(35-17)22(32)29-8-14-6-27-13(2)28-7-14/h6-7,10,12,15H,3-5,8-9,11H2,1-2H3,(H,29,32)/t12?,15-/m0/s1. The van der Waals surface area contributed by atoms with Crippen molar-refractivity contribution in [3.8, 4) is 11.3 Å². The second-order valence-corrected chi connectivity index (χ2v) is 8.75. The maximum atomic E-state index is 14.3. The van der Waals surface area contributed by atoms with Gasteiger partial charge in [-0.2, -0.15) is 18.3 Å². The lowest BCUT2D eigenvalue weighted by atomic mass is 9.86. The summed E-state index contributed by atoms with van der Waals surface area (Å²) in [6.45, 7) is 5.26. The number of carbonyl (C=O) groups is 1. The normalized spacial score (nSPS) is 19.8. The maximum absolute atomic E-state index is 14.3. The van der Waals surface area contributed by atoms with E-state index in [0.717, 1.165) is 0 Å². The minimum Gasteiger partial charge on any atom is -0.455 e. The summed E-state index contributed by atoms with van der Waals surface area (Å²) >= 11 is 0. The largest absolute Gasteiger partial charge is 0.455 e. The Morgan fingerprint density at radius 2 is 2.03 bits per heavy atom. The van der Waals surface area contributed by atoms with E-state index in [1.807, 2.05) is 6.92 Å². The number of halogens is 3. The molecule has 3 aromatic heterocycles. The number of nitrogens with one attached hydrogen (secondary N) is 1. The van der Waals surface area contributed by atoms with E-state index in [1.165, 1.54) is 12.4 Å². The van der Waals surface area contributed by atoms with Crippen molar-refractivity contribution >= 4 is 5.91 Å². The average molecular weight is 491 g/mol. The van der Waals surface area contributed by atoms with E-state index in [-0.39, 0.29) is 42.0 Å². The van der Waals surface area contributed by atoms with Crippen molar-refractivity contribution in [3.63, 3.8) is 0 Å². The van der Waals surface area contributed by atoms with Gasteiger partial charge in [-0.1, -0.05) is 6.92 Å². The minimum atomic E-state index is -4.82. The van der Waals surface area contributed by atoms with E-state index in [4.69, 9.17) is 13.9 Å². The molecule has 9 nitrogen and oxygen atoms in total. The Labute approximate surface area is 198 Å². The SMILES string of the molecule is Cc1ncc(CNC(=O)c2oc3c(c2C(F)(F)F)-c2nn(C[C@H]4COCCO4)cc2C(C)C3)cn1. The number of hydrogen-bond donors (Lipinski definition) is 1. The highest BCUT2D eigenvalue weighted by Crippen LogP contribution is 2.48. The lowest BCUT2D eigenvalue weighted by molar-refractivity contribution is -0.137. The van der Waals surface area contributed by atoms with Crippen LogP contribution in [-0.4, -0.2) is 51.6 Å². The quantitative estimate of drug-likeness (QED) is 0.584. The van der Waals surface area contributed by atoms with Crippen molar-refractivity contribution < 1.29 is 31.9 Å². The summed E-state index contributed by atoms with van der Waals surface area (Å²) in [6.07, 6.45) is -0.0914. The van der Waals surface area contributed by atoms with Gasteiger partial charge in [0.2, 0.25) is 5.76 Å². The highest BCUT2D eigenvalue weighted by atomic mass is 19.4. The zero-order chi connectivity index (χ0) is 24.7. The van der Waals surface area contributed by atoms with Crippen LogP contribution >= 0.6 is 0 Å². The molecule has 2 aliphatic rings. The summed E-state index contributed by atoms with van der Waals surface area (Å²) in [5, 5.41) is 6.94. The molecule has 1 aliphatic carbocycles. The summed E-state index contributed by atoms with van der Waals surface area (Å²) in [6, 6.07) is 0. The third kappa shape index (κ3) is 4.67. The summed E-state index contributed by atoms with van der Waals surface area (Å²) < 4.78 is 61.0. The monoisotopic (exact) mass is 491 g/mol. The molecule has 0 aromatic carbocycles. The van der Waals surface area contributed by atoms with Crippen molar-refractivity contribution in [1.82, 2.24) is 25.1 Å². The highest BCUT2D eigenvalue weighted by Gasteiger charge is 2.46. The molecule has 35 heavy (non-hydrogen) atoms. The van der Waals surface area contributed by atoms with Crippen LogP contribution in [0.2, 0.25) is 0 Å². The van der Waals surface area contributed by atoms with E-state index in [0.29, 0.717) is 43.3 Å². The van der Waals surface area contributed by atoms with Crippen molar-refractivity contribution in [1.29, 1.82) is 0 Å². The van der Waals surface area contributed by atoms with Gasteiger partial charge in [0.15, 0.2) is 0 Å². The Morgan fingerprint density at radius 1 is 1.26 bits per heavy atom. The zero-order valence-corrected chi connectivity index (χ0v) is 19.2. The number of hydrogen-bond acceptors (Lipinski definition) is 7. The number of amides is 1. The molecule has 0 spiro atoms. The molecule has 1 N–H and O–H groups in total. The molecule has 1 unspecified atom stereocenters. The summed E-state index contributed by atoms with van der Waals surface area (Å²) in [7, 11) is 0. The lowest BCUT2D eigenvalue weighted by Crippen LogP contribution is -2.32. The molecule has 1 saturated heterocycles. The first-order valence-electron chi connectivity index (χ1n) is 11.3. The zero-order valence-electron chi connectivity index (χ0n) is 19.2. The molecular formula is C23H24F3N5O4. The van der Waals surface area contributed by atoms with Gasteiger partial charge in [-0.05, 0) is 12.8 Å². The molecule has 1 aliphatic heterocycles. The first kappa shape index (κ1) is 23.5. The molecule has 3 aromatic rings. The van der Waals surface area contributed by atoms with Crippen LogP contribution in [0.4, 0.5) is 13.2 Å². The predicted octanol–water partition coefficient (Wildman–Crippen LogP) is 3.27. The van der Waals surface area contributed by atoms with Gasteiger partial charge < -0.3 is 19.2 Å². The van der Waals surface area contributed by atoms with Crippen molar-refractivity contribution in [2.45, 2.75) is 51.6 Å². The van der Waals surface area contributed by atoms with Gasteiger partial charge in [-0.25, -0.2) is 9.97 Å². The molecule has 2 atom stereocenters. The van der Waals surface area contributed by atoms with Crippen LogP contribution in [-0.2, 0) is 35.2 Å². The van der Waals surface area contributed by atoms with E-state index >= 15 is 0 Å². The summed E-state index contributed by atoms with van der Waals surface area (Å²) in [5.74, 6) is -1.22. The Bertz CT molecular complexity index is 1230. The number of rotatable bonds is 5. The topological polar surface area (TPSA) is 104 Å². The number of carbonyl (C=O) groups excluding carboxylic acids is 1. The molecular weight excluding hydrogens is 467 g/mol. The molecule has 1 fully saturated rings. The molecule has 5 rings (SSSR count). The Morgan fingerprint density at radius 3 is 2.71 bits per heavy atom. The van der Waals surface area contributed by atoms with Crippen LogP contribution in [0.5, 0.6) is 0 Å². The number of alkyl halides is 3. The van der Waals surface area contributed by atoms with Gasteiger partial charge in [0, 0.05) is 42.7 Å². The number of ether oxygens (including phenoxy) is 2. The van der Waals surface area contributed by atoms with Crippen molar-refractivity contribution in [2.75, 3.05) is 19.8 Å². The molecule has 12 heteroatoms. The fraction of sp³-hybridized carbons (Fsp3) is 0.478. The van der Waals surface area contributed by atoms with Crippen molar-refractivity contribution in [2.24, 2.45) is 0 Å². The molecule has 0 bridgehead atoms. The molecule has 4 heterocycles. The van der Waals surface area contributed by atoms with Crippen LogP contribution in [0.15, 0.2) is 23.0 Å².